The normalized spacial score (nSPS) is 17.0. The summed E-state index contributed by atoms with van der Waals surface area (Å²) in [7, 11) is 0. The van der Waals surface area contributed by atoms with E-state index in [-0.39, 0.29) is 0 Å². The van der Waals surface area contributed by atoms with Gasteiger partial charge in [-0.2, -0.15) is 0 Å². The molecule has 0 saturated carbocycles. The maximum absolute atomic E-state index is 4.51. The minimum Gasteiger partial charge on any atom is -0.293 e. The lowest BCUT2D eigenvalue weighted by molar-refractivity contribution is 0.0883. The molecule has 0 bridgehead atoms. The van der Waals surface area contributed by atoms with E-state index in [4.69, 9.17) is 0 Å². The molecule has 0 radical (unpaired) electrons. The Balaban J connectivity index is 1.56. The second kappa shape index (κ2) is 4.25. The zero-order valence-electron chi connectivity index (χ0n) is 9.82. The van der Waals surface area contributed by atoms with Crippen LogP contribution in [0.2, 0.25) is 0 Å². The predicted octanol–water partition coefficient (Wildman–Crippen LogP) is 1.04. The van der Waals surface area contributed by atoms with E-state index in [1.165, 1.54) is 0 Å². The average Bonchev–Trinajstić information content (AvgIpc) is 2.76. The highest BCUT2D eigenvalue weighted by molar-refractivity contribution is 5.10. The number of rotatable bonds is 3. The van der Waals surface area contributed by atoms with Crippen LogP contribution in [0.4, 0.5) is 0 Å². The number of aryl methyl sites for hydroxylation is 1. The van der Waals surface area contributed by atoms with E-state index in [1.54, 1.807) is 6.20 Å². The second-order valence-corrected chi connectivity index (χ2v) is 4.50. The van der Waals surface area contributed by atoms with Gasteiger partial charge in [-0.1, -0.05) is 11.3 Å². The van der Waals surface area contributed by atoms with Gasteiger partial charge < -0.3 is 0 Å². The number of likely N-dealkylation sites (tertiary alicyclic amines) is 1. The van der Waals surface area contributed by atoms with Gasteiger partial charge in [-0.05, 0) is 19.1 Å². The molecule has 5 heteroatoms. The monoisotopic (exact) mass is 229 g/mol. The van der Waals surface area contributed by atoms with E-state index < -0.39 is 0 Å². The molecule has 5 nitrogen and oxygen atoms in total. The Kier molecular flexibility index (Phi) is 2.60. The first kappa shape index (κ1) is 10.4. The van der Waals surface area contributed by atoms with Gasteiger partial charge in [0.05, 0.1) is 17.9 Å². The Hall–Kier alpha value is -1.75. The van der Waals surface area contributed by atoms with Crippen molar-refractivity contribution in [3.05, 3.63) is 42.0 Å². The molecule has 0 amide bonds. The van der Waals surface area contributed by atoms with Crippen molar-refractivity contribution < 1.29 is 0 Å². The van der Waals surface area contributed by atoms with Gasteiger partial charge in [-0.3, -0.25) is 9.88 Å². The smallest absolute Gasteiger partial charge is 0.0790 e. The fraction of sp³-hybridized carbons (Fsp3) is 0.417. The summed E-state index contributed by atoms with van der Waals surface area (Å²) in [5, 5.41) is 7.85. The highest BCUT2D eigenvalue weighted by Crippen LogP contribution is 2.21. The van der Waals surface area contributed by atoms with Crippen molar-refractivity contribution in [1.29, 1.82) is 0 Å². The topological polar surface area (TPSA) is 46.8 Å². The lowest BCUT2D eigenvalue weighted by Crippen LogP contribution is -2.47. The van der Waals surface area contributed by atoms with Crippen LogP contribution in [0.5, 0.6) is 0 Å². The quantitative estimate of drug-likeness (QED) is 0.789. The molecule has 0 N–H and O–H groups in total. The van der Waals surface area contributed by atoms with Crippen LogP contribution in [0.25, 0.3) is 0 Å². The third-order valence-electron chi connectivity index (χ3n) is 3.08. The summed E-state index contributed by atoms with van der Waals surface area (Å²) >= 11 is 0. The lowest BCUT2D eigenvalue weighted by atomic mass is 10.1. The third kappa shape index (κ3) is 2.19. The predicted molar refractivity (Wildman–Crippen MR) is 63.3 cm³/mol. The highest BCUT2D eigenvalue weighted by atomic mass is 15.5. The van der Waals surface area contributed by atoms with Crippen molar-refractivity contribution in [2.24, 2.45) is 0 Å². The number of hydrogen-bond acceptors (Lipinski definition) is 4. The summed E-state index contributed by atoms with van der Waals surface area (Å²) in [5.74, 6) is 0. The fourth-order valence-corrected chi connectivity index (χ4v) is 2.17. The van der Waals surface area contributed by atoms with Gasteiger partial charge in [0.1, 0.15) is 0 Å². The summed E-state index contributed by atoms with van der Waals surface area (Å²) in [5.41, 5.74) is 2.22. The molecule has 0 spiro atoms. The molecule has 1 aliphatic heterocycles. The first-order valence-electron chi connectivity index (χ1n) is 5.82. The molecule has 1 saturated heterocycles. The van der Waals surface area contributed by atoms with Crippen LogP contribution in [0.1, 0.15) is 17.4 Å². The van der Waals surface area contributed by atoms with Crippen LogP contribution in [0.15, 0.2) is 30.6 Å². The van der Waals surface area contributed by atoms with Gasteiger partial charge in [0.25, 0.3) is 0 Å². The van der Waals surface area contributed by atoms with Gasteiger partial charge >= 0.3 is 0 Å². The summed E-state index contributed by atoms with van der Waals surface area (Å²) in [6, 6.07) is 6.64. The highest BCUT2D eigenvalue weighted by Gasteiger charge is 2.28. The second-order valence-electron chi connectivity index (χ2n) is 4.50. The molecule has 3 rings (SSSR count). The Labute approximate surface area is 100 Å². The summed E-state index contributed by atoms with van der Waals surface area (Å²) in [6.45, 7) is 5.00. The van der Waals surface area contributed by atoms with Crippen molar-refractivity contribution in [2.75, 3.05) is 13.1 Å². The van der Waals surface area contributed by atoms with Gasteiger partial charge in [-0.15, -0.1) is 5.10 Å². The number of aromatic nitrogens is 4. The van der Waals surface area contributed by atoms with Crippen molar-refractivity contribution >= 4 is 0 Å². The molecular formula is C12H15N5. The Morgan fingerprint density at radius 2 is 2.24 bits per heavy atom. The summed E-state index contributed by atoms with van der Waals surface area (Å²) in [6.07, 6.45) is 3.65. The minimum absolute atomic E-state index is 0.474. The van der Waals surface area contributed by atoms with Gasteiger partial charge in [0, 0.05) is 31.5 Å². The third-order valence-corrected chi connectivity index (χ3v) is 3.08. The van der Waals surface area contributed by atoms with Crippen LogP contribution in [0.3, 0.4) is 0 Å². The zero-order valence-corrected chi connectivity index (χ0v) is 9.82. The van der Waals surface area contributed by atoms with Crippen molar-refractivity contribution in [3.63, 3.8) is 0 Å². The molecule has 0 unspecified atom stereocenters. The number of hydrogen-bond donors (Lipinski definition) is 0. The van der Waals surface area contributed by atoms with Crippen molar-refractivity contribution in [2.45, 2.75) is 19.5 Å². The Morgan fingerprint density at radius 3 is 2.94 bits per heavy atom. The van der Waals surface area contributed by atoms with Gasteiger partial charge in [0.15, 0.2) is 0 Å². The van der Waals surface area contributed by atoms with E-state index in [1.807, 2.05) is 23.9 Å². The van der Waals surface area contributed by atoms with E-state index in [9.17, 15) is 0 Å². The Bertz CT molecular complexity index is 487. The van der Waals surface area contributed by atoms with Crippen LogP contribution in [0, 0.1) is 6.92 Å². The first-order valence-corrected chi connectivity index (χ1v) is 5.82. The molecule has 2 aromatic heterocycles. The first-order chi connectivity index (χ1) is 8.31. The average molecular weight is 229 g/mol. The Morgan fingerprint density at radius 1 is 1.35 bits per heavy atom. The summed E-state index contributed by atoms with van der Waals surface area (Å²) in [4.78, 5) is 6.88. The molecule has 0 aliphatic carbocycles. The van der Waals surface area contributed by atoms with Crippen LogP contribution in [-0.2, 0) is 6.54 Å². The lowest BCUT2D eigenvalue weighted by Gasteiger charge is -2.38. The van der Waals surface area contributed by atoms with Crippen LogP contribution < -0.4 is 0 Å². The van der Waals surface area contributed by atoms with Crippen molar-refractivity contribution in [3.8, 4) is 0 Å². The molecule has 1 aliphatic rings. The molecule has 0 aromatic carbocycles. The molecule has 0 atom stereocenters. The minimum atomic E-state index is 0.474. The van der Waals surface area contributed by atoms with E-state index in [2.05, 4.69) is 32.3 Å². The van der Waals surface area contributed by atoms with Gasteiger partial charge in [0.2, 0.25) is 0 Å². The molecular weight excluding hydrogens is 214 g/mol. The number of pyridine rings is 1. The van der Waals surface area contributed by atoms with E-state index in [0.29, 0.717) is 6.04 Å². The largest absolute Gasteiger partial charge is 0.293 e. The van der Waals surface area contributed by atoms with Gasteiger partial charge in [-0.25, -0.2) is 4.68 Å². The molecule has 3 heterocycles. The van der Waals surface area contributed by atoms with Crippen molar-refractivity contribution in [1.82, 2.24) is 24.9 Å². The fourth-order valence-electron chi connectivity index (χ4n) is 2.17. The van der Waals surface area contributed by atoms with Crippen LogP contribution in [-0.4, -0.2) is 38.0 Å². The molecule has 1 fully saturated rings. The van der Waals surface area contributed by atoms with E-state index in [0.717, 1.165) is 31.0 Å². The zero-order chi connectivity index (χ0) is 11.7. The maximum atomic E-state index is 4.51. The SMILES string of the molecule is Cc1cccc(CN2CC(n3ccnn3)C2)n1. The van der Waals surface area contributed by atoms with E-state index >= 15 is 0 Å². The summed E-state index contributed by atoms with van der Waals surface area (Å²) < 4.78 is 1.93. The number of nitrogens with zero attached hydrogens (tertiary/aromatic N) is 5. The van der Waals surface area contributed by atoms with Crippen LogP contribution >= 0.6 is 0 Å². The molecule has 2 aromatic rings. The molecule has 88 valence electrons. The molecule has 17 heavy (non-hydrogen) atoms. The standard InChI is InChI=1S/C12H15N5/c1-10-3-2-4-11(14-10)7-16-8-12(9-16)17-6-5-13-15-17/h2-6,12H,7-9H2,1H3. The maximum Gasteiger partial charge on any atom is 0.0790 e.